The van der Waals surface area contributed by atoms with Gasteiger partial charge in [-0.25, -0.2) is 4.98 Å². The number of fused-ring (bicyclic) bond motifs is 1. The molecular weight excluding hydrogens is 340 g/mol. The zero-order valence-electron chi connectivity index (χ0n) is 15.8. The van der Waals surface area contributed by atoms with Gasteiger partial charge in [-0.05, 0) is 29.1 Å². The van der Waals surface area contributed by atoms with Crippen molar-refractivity contribution in [1.29, 1.82) is 0 Å². The number of benzene rings is 2. The molecule has 0 saturated carbocycles. The molecule has 3 aromatic rings. The molecule has 1 aromatic heterocycles. The Balaban J connectivity index is 1.85. The van der Waals surface area contributed by atoms with Crippen LogP contribution >= 0.6 is 0 Å². The molecule has 0 amide bonds. The maximum Gasteiger partial charge on any atom is 0.161 e. The third-order valence-electron chi connectivity index (χ3n) is 4.95. The Kier molecular flexibility index (Phi) is 5.12. The fraction of sp³-hybridized carbons (Fsp3) is 0.318. The highest BCUT2D eigenvalue weighted by atomic mass is 16.5. The van der Waals surface area contributed by atoms with E-state index in [2.05, 4.69) is 35.2 Å². The molecule has 1 fully saturated rings. The number of hydrogen-bond acceptors (Lipinski definition) is 5. The summed E-state index contributed by atoms with van der Waals surface area (Å²) in [7, 11) is 3.33. The summed E-state index contributed by atoms with van der Waals surface area (Å²) in [6.45, 7) is 3.19. The highest BCUT2D eigenvalue weighted by molar-refractivity contribution is 5.90. The molecule has 0 radical (unpaired) electrons. The van der Waals surface area contributed by atoms with Gasteiger partial charge in [0.1, 0.15) is 5.82 Å². The van der Waals surface area contributed by atoms with Crippen molar-refractivity contribution in [3.05, 3.63) is 59.8 Å². The lowest BCUT2D eigenvalue weighted by Crippen LogP contribution is -2.36. The first kappa shape index (κ1) is 17.6. The highest BCUT2D eigenvalue weighted by Crippen LogP contribution is 2.35. The Morgan fingerprint density at radius 1 is 0.963 bits per heavy atom. The Labute approximate surface area is 159 Å². The van der Waals surface area contributed by atoms with E-state index in [-0.39, 0.29) is 0 Å². The van der Waals surface area contributed by atoms with Crippen molar-refractivity contribution in [3.8, 4) is 11.5 Å². The van der Waals surface area contributed by atoms with Crippen molar-refractivity contribution in [1.82, 2.24) is 4.98 Å². The van der Waals surface area contributed by atoms with Gasteiger partial charge >= 0.3 is 0 Å². The van der Waals surface area contributed by atoms with E-state index in [1.807, 2.05) is 18.2 Å². The molecule has 0 spiro atoms. The molecule has 0 unspecified atom stereocenters. The van der Waals surface area contributed by atoms with E-state index < -0.39 is 0 Å². The second-order valence-electron chi connectivity index (χ2n) is 6.62. The standard InChI is InChI=1S/C22H24N2O3/c1-25-20-13-17-14-22(24-8-10-27-11-9-24)23-19(18(17)15-21(20)26-2)12-16-6-4-3-5-7-16/h3-7,13-15H,8-12H2,1-2H3. The molecule has 2 aromatic carbocycles. The first-order valence-corrected chi connectivity index (χ1v) is 9.21. The molecule has 27 heavy (non-hydrogen) atoms. The monoisotopic (exact) mass is 364 g/mol. The average molecular weight is 364 g/mol. The van der Waals surface area contributed by atoms with Gasteiger partial charge in [0.05, 0.1) is 33.1 Å². The number of hydrogen-bond donors (Lipinski definition) is 0. The summed E-state index contributed by atoms with van der Waals surface area (Å²) >= 11 is 0. The number of ether oxygens (including phenoxy) is 3. The van der Waals surface area contributed by atoms with E-state index in [1.165, 1.54) is 5.56 Å². The summed E-state index contributed by atoms with van der Waals surface area (Å²) in [6.07, 6.45) is 0.769. The molecule has 0 N–H and O–H groups in total. The lowest BCUT2D eigenvalue weighted by Gasteiger charge is -2.28. The number of nitrogens with zero attached hydrogens (tertiary/aromatic N) is 2. The van der Waals surface area contributed by atoms with E-state index in [9.17, 15) is 0 Å². The van der Waals surface area contributed by atoms with Crippen LogP contribution in [0.3, 0.4) is 0 Å². The average Bonchev–Trinajstić information content (AvgIpc) is 2.74. The normalized spacial score (nSPS) is 14.4. The van der Waals surface area contributed by atoms with Crippen molar-refractivity contribution in [3.63, 3.8) is 0 Å². The van der Waals surface area contributed by atoms with Crippen LogP contribution in [0.2, 0.25) is 0 Å². The van der Waals surface area contributed by atoms with E-state index in [0.717, 1.165) is 66.5 Å². The van der Waals surface area contributed by atoms with E-state index in [0.29, 0.717) is 0 Å². The minimum absolute atomic E-state index is 0.722. The molecule has 4 rings (SSSR count). The second-order valence-corrected chi connectivity index (χ2v) is 6.62. The topological polar surface area (TPSA) is 43.8 Å². The summed E-state index contributed by atoms with van der Waals surface area (Å²) in [5, 5.41) is 2.20. The van der Waals surface area contributed by atoms with Crippen LogP contribution < -0.4 is 14.4 Å². The van der Waals surface area contributed by atoms with Crippen molar-refractivity contribution < 1.29 is 14.2 Å². The number of morpholine rings is 1. The minimum atomic E-state index is 0.722. The molecule has 0 atom stereocenters. The van der Waals surface area contributed by atoms with Crippen LogP contribution in [-0.4, -0.2) is 45.5 Å². The van der Waals surface area contributed by atoms with Gasteiger partial charge in [-0.2, -0.15) is 0 Å². The number of methoxy groups -OCH3 is 2. The zero-order chi connectivity index (χ0) is 18.6. The molecule has 0 aliphatic carbocycles. The van der Waals surface area contributed by atoms with Crippen LogP contribution in [0.25, 0.3) is 10.8 Å². The van der Waals surface area contributed by atoms with Gasteiger partial charge in [0.2, 0.25) is 0 Å². The van der Waals surface area contributed by atoms with Crippen LogP contribution in [0.4, 0.5) is 5.82 Å². The summed E-state index contributed by atoms with van der Waals surface area (Å²) in [4.78, 5) is 7.31. The van der Waals surface area contributed by atoms with Crippen LogP contribution in [0.5, 0.6) is 11.5 Å². The lowest BCUT2D eigenvalue weighted by atomic mass is 10.0. The molecule has 1 aliphatic heterocycles. The predicted octanol–water partition coefficient (Wildman–Crippen LogP) is 3.68. The summed E-state index contributed by atoms with van der Waals surface area (Å²) in [5.41, 5.74) is 2.28. The van der Waals surface area contributed by atoms with Gasteiger partial charge in [0, 0.05) is 24.9 Å². The van der Waals surface area contributed by atoms with Gasteiger partial charge in [0.15, 0.2) is 11.5 Å². The van der Waals surface area contributed by atoms with Gasteiger partial charge in [-0.1, -0.05) is 30.3 Å². The minimum Gasteiger partial charge on any atom is -0.493 e. The predicted molar refractivity (Wildman–Crippen MR) is 107 cm³/mol. The van der Waals surface area contributed by atoms with Crippen molar-refractivity contribution >= 4 is 16.6 Å². The van der Waals surface area contributed by atoms with Crippen molar-refractivity contribution in [2.24, 2.45) is 0 Å². The van der Waals surface area contributed by atoms with Crippen LogP contribution in [0, 0.1) is 0 Å². The Morgan fingerprint density at radius 2 is 1.67 bits per heavy atom. The smallest absolute Gasteiger partial charge is 0.161 e. The quantitative estimate of drug-likeness (QED) is 0.691. The van der Waals surface area contributed by atoms with Crippen molar-refractivity contribution in [2.75, 3.05) is 45.4 Å². The Morgan fingerprint density at radius 3 is 2.37 bits per heavy atom. The molecule has 5 heteroatoms. The van der Waals surface area contributed by atoms with E-state index in [4.69, 9.17) is 19.2 Å². The van der Waals surface area contributed by atoms with Crippen LogP contribution in [-0.2, 0) is 11.2 Å². The van der Waals surface area contributed by atoms with Gasteiger partial charge in [-0.15, -0.1) is 0 Å². The maximum atomic E-state index is 5.52. The second kappa shape index (κ2) is 7.84. The van der Waals surface area contributed by atoms with Crippen LogP contribution in [0.1, 0.15) is 11.3 Å². The molecule has 5 nitrogen and oxygen atoms in total. The third kappa shape index (κ3) is 3.69. The van der Waals surface area contributed by atoms with Crippen LogP contribution in [0.15, 0.2) is 48.5 Å². The molecule has 2 heterocycles. The number of pyridine rings is 1. The molecule has 1 saturated heterocycles. The fourth-order valence-electron chi connectivity index (χ4n) is 3.51. The van der Waals surface area contributed by atoms with Gasteiger partial charge in [-0.3, -0.25) is 0 Å². The largest absolute Gasteiger partial charge is 0.493 e. The third-order valence-corrected chi connectivity index (χ3v) is 4.95. The maximum absolute atomic E-state index is 5.52. The van der Waals surface area contributed by atoms with E-state index >= 15 is 0 Å². The first-order valence-electron chi connectivity index (χ1n) is 9.21. The number of anilines is 1. The molecule has 1 aliphatic rings. The highest BCUT2D eigenvalue weighted by Gasteiger charge is 2.17. The van der Waals surface area contributed by atoms with E-state index in [1.54, 1.807) is 14.2 Å². The SMILES string of the molecule is COc1cc2cc(N3CCOCC3)nc(Cc3ccccc3)c2cc1OC. The number of aromatic nitrogens is 1. The zero-order valence-corrected chi connectivity index (χ0v) is 15.8. The van der Waals surface area contributed by atoms with Gasteiger partial charge < -0.3 is 19.1 Å². The lowest BCUT2D eigenvalue weighted by molar-refractivity contribution is 0.122. The molecular formula is C22H24N2O3. The molecule has 140 valence electrons. The van der Waals surface area contributed by atoms with Crippen molar-refractivity contribution in [2.45, 2.75) is 6.42 Å². The first-order chi connectivity index (χ1) is 13.3. The summed E-state index contributed by atoms with van der Waals surface area (Å²) < 4.78 is 16.5. The number of rotatable bonds is 5. The summed E-state index contributed by atoms with van der Waals surface area (Å²) in [5.74, 6) is 2.44. The summed E-state index contributed by atoms with van der Waals surface area (Å²) in [6, 6.07) is 16.6. The Bertz CT molecular complexity index is 922. The fourth-order valence-corrected chi connectivity index (χ4v) is 3.51. The molecule has 0 bridgehead atoms. The van der Waals surface area contributed by atoms with Gasteiger partial charge in [0.25, 0.3) is 0 Å². The Hall–Kier alpha value is -2.79.